The smallest absolute Gasteiger partial charge is 0.105 e. The molecular formula is C14H29N3. The highest BCUT2D eigenvalue weighted by Crippen LogP contribution is 2.11. The Morgan fingerprint density at radius 3 is 2.41 bits per heavy atom. The second-order valence-corrected chi connectivity index (χ2v) is 5.13. The zero-order valence-corrected chi connectivity index (χ0v) is 12.2. The van der Waals surface area contributed by atoms with Crippen molar-refractivity contribution >= 4 is 0 Å². The summed E-state index contributed by atoms with van der Waals surface area (Å²) in [5.74, 6) is 0.738. The van der Waals surface area contributed by atoms with Gasteiger partial charge in [-0.3, -0.25) is 5.32 Å². The molecule has 2 atom stereocenters. The minimum atomic E-state index is -0.377. The van der Waals surface area contributed by atoms with Gasteiger partial charge in [0.25, 0.3) is 0 Å². The summed E-state index contributed by atoms with van der Waals surface area (Å²) in [6.07, 6.45) is 2.11. The number of nitriles is 1. The van der Waals surface area contributed by atoms with E-state index in [1.807, 2.05) is 13.8 Å². The summed E-state index contributed by atoms with van der Waals surface area (Å²) in [7, 11) is 0. The molecule has 3 heteroatoms. The zero-order valence-electron chi connectivity index (χ0n) is 12.2. The van der Waals surface area contributed by atoms with Crippen molar-refractivity contribution in [3.63, 3.8) is 0 Å². The normalized spacial score (nSPS) is 16.5. The van der Waals surface area contributed by atoms with Gasteiger partial charge in [-0.2, -0.15) is 5.26 Å². The molecule has 0 aromatic carbocycles. The summed E-state index contributed by atoms with van der Waals surface area (Å²) in [6.45, 7) is 14.8. The van der Waals surface area contributed by atoms with Crippen LogP contribution in [-0.4, -0.2) is 36.6 Å². The van der Waals surface area contributed by atoms with Crippen molar-refractivity contribution in [3.05, 3.63) is 0 Å². The average molecular weight is 239 g/mol. The molecular weight excluding hydrogens is 210 g/mol. The Hall–Kier alpha value is -0.590. The van der Waals surface area contributed by atoms with E-state index in [-0.39, 0.29) is 5.54 Å². The number of nitrogens with one attached hydrogen (secondary N) is 1. The van der Waals surface area contributed by atoms with Crippen LogP contribution in [0.25, 0.3) is 0 Å². The molecule has 17 heavy (non-hydrogen) atoms. The van der Waals surface area contributed by atoms with E-state index in [1.54, 1.807) is 0 Å². The predicted molar refractivity (Wildman–Crippen MR) is 73.9 cm³/mol. The highest BCUT2D eigenvalue weighted by Gasteiger charge is 2.23. The Labute approximate surface area is 107 Å². The third kappa shape index (κ3) is 6.65. The van der Waals surface area contributed by atoms with Gasteiger partial charge in [-0.25, -0.2) is 0 Å². The van der Waals surface area contributed by atoms with Crippen LogP contribution in [-0.2, 0) is 0 Å². The standard InChI is InChI=1S/C14H29N3/c1-6-13(4)11-17(8-3)10-9-14(5,12-15)16-7-2/h13,16H,6-11H2,1-5H3. The molecule has 2 unspecified atom stereocenters. The first-order valence-electron chi connectivity index (χ1n) is 6.89. The van der Waals surface area contributed by atoms with Crippen LogP contribution in [0.15, 0.2) is 0 Å². The number of hydrogen-bond acceptors (Lipinski definition) is 3. The highest BCUT2D eigenvalue weighted by atomic mass is 15.1. The molecule has 0 saturated heterocycles. The maximum atomic E-state index is 9.20. The van der Waals surface area contributed by atoms with E-state index in [1.165, 1.54) is 6.42 Å². The first kappa shape index (κ1) is 16.4. The van der Waals surface area contributed by atoms with Crippen LogP contribution >= 0.6 is 0 Å². The third-order valence-corrected chi connectivity index (χ3v) is 3.46. The first-order valence-corrected chi connectivity index (χ1v) is 6.89. The van der Waals surface area contributed by atoms with Crippen LogP contribution in [0.4, 0.5) is 0 Å². The van der Waals surface area contributed by atoms with Gasteiger partial charge in [-0.05, 0) is 32.4 Å². The van der Waals surface area contributed by atoms with Crippen LogP contribution in [0.1, 0.15) is 47.5 Å². The molecule has 0 bridgehead atoms. The summed E-state index contributed by atoms with van der Waals surface area (Å²) in [5, 5.41) is 12.5. The van der Waals surface area contributed by atoms with Crippen LogP contribution in [0, 0.1) is 17.2 Å². The molecule has 0 aliphatic rings. The number of nitrogens with zero attached hydrogens (tertiary/aromatic N) is 2. The Bertz CT molecular complexity index is 234. The molecule has 0 radical (unpaired) electrons. The van der Waals surface area contributed by atoms with Crippen LogP contribution in [0.2, 0.25) is 0 Å². The molecule has 0 rings (SSSR count). The minimum Gasteiger partial charge on any atom is -0.303 e. The van der Waals surface area contributed by atoms with E-state index in [2.05, 4.69) is 37.1 Å². The number of hydrogen-bond donors (Lipinski definition) is 1. The van der Waals surface area contributed by atoms with Crippen molar-refractivity contribution in [2.24, 2.45) is 5.92 Å². The average Bonchev–Trinajstić information content (AvgIpc) is 2.34. The molecule has 0 amide bonds. The Morgan fingerprint density at radius 2 is 2.00 bits per heavy atom. The van der Waals surface area contributed by atoms with Crippen LogP contribution < -0.4 is 5.32 Å². The van der Waals surface area contributed by atoms with E-state index >= 15 is 0 Å². The van der Waals surface area contributed by atoms with Gasteiger partial charge in [-0.15, -0.1) is 0 Å². The molecule has 0 heterocycles. The van der Waals surface area contributed by atoms with E-state index in [0.29, 0.717) is 0 Å². The lowest BCUT2D eigenvalue weighted by Gasteiger charge is -2.28. The van der Waals surface area contributed by atoms with Gasteiger partial charge in [0, 0.05) is 13.1 Å². The van der Waals surface area contributed by atoms with Crippen molar-refractivity contribution in [1.82, 2.24) is 10.2 Å². The van der Waals surface area contributed by atoms with Gasteiger partial charge in [0.1, 0.15) is 5.54 Å². The summed E-state index contributed by atoms with van der Waals surface area (Å²) >= 11 is 0. The molecule has 0 aliphatic carbocycles. The van der Waals surface area contributed by atoms with E-state index in [0.717, 1.165) is 38.5 Å². The van der Waals surface area contributed by atoms with Gasteiger partial charge >= 0.3 is 0 Å². The largest absolute Gasteiger partial charge is 0.303 e. The monoisotopic (exact) mass is 239 g/mol. The molecule has 0 saturated carbocycles. The molecule has 0 aromatic heterocycles. The molecule has 3 nitrogen and oxygen atoms in total. The second kappa shape index (κ2) is 8.49. The molecule has 0 spiro atoms. The lowest BCUT2D eigenvalue weighted by atomic mass is 9.99. The maximum Gasteiger partial charge on any atom is 0.105 e. The molecule has 0 fully saturated rings. The van der Waals surface area contributed by atoms with Gasteiger partial charge in [0.05, 0.1) is 6.07 Å². The van der Waals surface area contributed by atoms with Crippen molar-refractivity contribution in [2.45, 2.75) is 53.0 Å². The fourth-order valence-corrected chi connectivity index (χ4v) is 1.90. The highest BCUT2D eigenvalue weighted by molar-refractivity contribution is 5.03. The SMILES string of the molecule is CCNC(C)(C#N)CCN(CC)CC(C)CC. The molecule has 0 aliphatic heterocycles. The van der Waals surface area contributed by atoms with Gasteiger partial charge in [0.15, 0.2) is 0 Å². The fourth-order valence-electron chi connectivity index (χ4n) is 1.90. The van der Waals surface area contributed by atoms with E-state index < -0.39 is 0 Å². The summed E-state index contributed by atoms with van der Waals surface area (Å²) < 4.78 is 0. The maximum absolute atomic E-state index is 9.20. The van der Waals surface area contributed by atoms with E-state index in [9.17, 15) is 5.26 Å². The second-order valence-electron chi connectivity index (χ2n) is 5.13. The van der Waals surface area contributed by atoms with Gasteiger partial charge < -0.3 is 4.90 Å². The van der Waals surface area contributed by atoms with Gasteiger partial charge in [0.2, 0.25) is 0 Å². The molecule has 100 valence electrons. The Morgan fingerprint density at radius 1 is 1.35 bits per heavy atom. The Kier molecular flexibility index (Phi) is 8.20. The van der Waals surface area contributed by atoms with Crippen molar-refractivity contribution < 1.29 is 0 Å². The van der Waals surface area contributed by atoms with Crippen LogP contribution in [0.5, 0.6) is 0 Å². The predicted octanol–water partition coefficient (Wildman–Crippen LogP) is 2.64. The fraction of sp³-hybridized carbons (Fsp3) is 0.929. The summed E-state index contributed by atoms with van der Waals surface area (Å²) in [6, 6.07) is 2.39. The zero-order chi connectivity index (χ0) is 13.3. The first-order chi connectivity index (χ1) is 8.01. The van der Waals surface area contributed by atoms with Crippen molar-refractivity contribution in [1.29, 1.82) is 5.26 Å². The minimum absolute atomic E-state index is 0.377. The third-order valence-electron chi connectivity index (χ3n) is 3.46. The van der Waals surface area contributed by atoms with Crippen molar-refractivity contribution in [2.75, 3.05) is 26.2 Å². The van der Waals surface area contributed by atoms with Gasteiger partial charge in [-0.1, -0.05) is 34.1 Å². The lowest BCUT2D eigenvalue weighted by molar-refractivity contribution is 0.224. The van der Waals surface area contributed by atoms with E-state index in [4.69, 9.17) is 0 Å². The number of rotatable bonds is 9. The topological polar surface area (TPSA) is 39.1 Å². The molecule has 1 N–H and O–H groups in total. The molecule has 0 aromatic rings. The lowest BCUT2D eigenvalue weighted by Crippen LogP contribution is -2.44. The summed E-state index contributed by atoms with van der Waals surface area (Å²) in [5.41, 5.74) is -0.377. The summed E-state index contributed by atoms with van der Waals surface area (Å²) in [4.78, 5) is 2.45. The van der Waals surface area contributed by atoms with Crippen LogP contribution in [0.3, 0.4) is 0 Å². The van der Waals surface area contributed by atoms with Crippen molar-refractivity contribution in [3.8, 4) is 6.07 Å². The quantitative estimate of drug-likeness (QED) is 0.672. The Balaban J connectivity index is 4.17.